The van der Waals surface area contributed by atoms with E-state index in [1.54, 1.807) is 30.4 Å². The lowest BCUT2D eigenvalue weighted by atomic mass is 10.5. The van der Waals surface area contributed by atoms with Gasteiger partial charge in [-0.3, -0.25) is 9.78 Å². The van der Waals surface area contributed by atoms with Crippen molar-refractivity contribution in [3.05, 3.63) is 18.6 Å². The van der Waals surface area contributed by atoms with Crippen molar-refractivity contribution >= 4 is 23.5 Å². The van der Waals surface area contributed by atoms with Gasteiger partial charge in [0.15, 0.2) is 5.82 Å². The summed E-state index contributed by atoms with van der Waals surface area (Å²) in [4.78, 5) is 21.8. The summed E-state index contributed by atoms with van der Waals surface area (Å²) in [6, 6.07) is 0. The van der Waals surface area contributed by atoms with Crippen molar-refractivity contribution in [1.29, 1.82) is 0 Å². The average molecular weight is 268 g/mol. The van der Waals surface area contributed by atoms with Gasteiger partial charge in [0.1, 0.15) is 0 Å². The van der Waals surface area contributed by atoms with E-state index in [4.69, 9.17) is 0 Å². The number of anilines is 1. The van der Waals surface area contributed by atoms with Crippen LogP contribution in [0, 0.1) is 0 Å². The molecule has 0 fully saturated rings. The first-order valence-electron chi connectivity index (χ1n) is 6.12. The fourth-order valence-corrected chi connectivity index (χ4v) is 2.23. The molecule has 0 aliphatic heterocycles. The van der Waals surface area contributed by atoms with E-state index in [2.05, 4.69) is 34.0 Å². The average Bonchev–Trinajstić information content (AvgIpc) is 2.40. The molecule has 0 spiro atoms. The van der Waals surface area contributed by atoms with E-state index in [1.165, 1.54) is 0 Å². The van der Waals surface area contributed by atoms with E-state index in [0.717, 1.165) is 25.4 Å². The van der Waals surface area contributed by atoms with Crippen LogP contribution >= 0.6 is 11.8 Å². The van der Waals surface area contributed by atoms with Crippen LogP contribution in [0.15, 0.2) is 18.6 Å². The molecule has 0 radical (unpaired) electrons. The molecule has 0 bridgehead atoms. The van der Waals surface area contributed by atoms with Crippen molar-refractivity contribution in [3.8, 4) is 0 Å². The summed E-state index contributed by atoms with van der Waals surface area (Å²) < 4.78 is 0. The normalized spacial score (nSPS) is 10.6. The van der Waals surface area contributed by atoms with Gasteiger partial charge in [-0.1, -0.05) is 13.8 Å². The van der Waals surface area contributed by atoms with Gasteiger partial charge in [0.2, 0.25) is 5.91 Å². The second-order valence-electron chi connectivity index (χ2n) is 3.72. The maximum atomic E-state index is 11.6. The van der Waals surface area contributed by atoms with E-state index in [1.807, 2.05) is 0 Å². The Bertz CT molecular complexity index is 343. The largest absolute Gasteiger partial charge is 0.309 e. The lowest BCUT2D eigenvalue weighted by Crippen LogP contribution is -2.26. The monoisotopic (exact) mass is 268 g/mol. The van der Waals surface area contributed by atoms with Gasteiger partial charge in [-0.15, -0.1) is 0 Å². The predicted octanol–water partition coefficient (Wildman–Crippen LogP) is 1.49. The summed E-state index contributed by atoms with van der Waals surface area (Å²) in [7, 11) is 0. The molecule has 5 nitrogen and oxygen atoms in total. The minimum atomic E-state index is -0.0277. The maximum Gasteiger partial charge on any atom is 0.235 e. The molecular weight excluding hydrogens is 248 g/mol. The van der Waals surface area contributed by atoms with Gasteiger partial charge in [0, 0.05) is 24.7 Å². The quantitative estimate of drug-likeness (QED) is 0.724. The number of nitrogens with zero attached hydrogens (tertiary/aromatic N) is 3. The number of hydrogen-bond acceptors (Lipinski definition) is 5. The van der Waals surface area contributed by atoms with Gasteiger partial charge in [0.05, 0.1) is 11.9 Å². The summed E-state index contributed by atoms with van der Waals surface area (Å²) in [6.45, 7) is 7.44. The third kappa shape index (κ3) is 5.97. The van der Waals surface area contributed by atoms with Crippen molar-refractivity contribution < 1.29 is 4.79 Å². The topological polar surface area (TPSA) is 58.1 Å². The molecular formula is C12H20N4OS. The zero-order valence-electron chi connectivity index (χ0n) is 10.9. The van der Waals surface area contributed by atoms with Crippen LogP contribution in [-0.2, 0) is 4.79 Å². The van der Waals surface area contributed by atoms with Crippen LogP contribution < -0.4 is 5.32 Å². The fourth-order valence-electron chi connectivity index (χ4n) is 1.44. The summed E-state index contributed by atoms with van der Waals surface area (Å²) in [5, 5.41) is 2.71. The predicted molar refractivity (Wildman–Crippen MR) is 75.8 cm³/mol. The zero-order valence-corrected chi connectivity index (χ0v) is 11.7. The first-order chi connectivity index (χ1) is 8.76. The summed E-state index contributed by atoms with van der Waals surface area (Å²) in [5.74, 6) is 1.90. The van der Waals surface area contributed by atoms with Crippen LogP contribution in [0.25, 0.3) is 0 Å². The van der Waals surface area contributed by atoms with Gasteiger partial charge >= 0.3 is 0 Å². The molecule has 1 N–H and O–H groups in total. The molecule has 0 aliphatic carbocycles. The van der Waals surface area contributed by atoms with Gasteiger partial charge < -0.3 is 10.2 Å². The summed E-state index contributed by atoms with van der Waals surface area (Å²) >= 11 is 1.64. The number of hydrogen-bond donors (Lipinski definition) is 1. The highest BCUT2D eigenvalue weighted by molar-refractivity contribution is 7.99. The molecule has 100 valence electrons. The molecule has 6 heteroatoms. The maximum absolute atomic E-state index is 11.6. The standard InChI is InChI=1S/C12H20N4OS/c1-3-16(4-2)7-8-18-10-12(17)15-11-9-13-5-6-14-11/h5-6,9H,3-4,7-8,10H2,1-2H3,(H,14,15,17). The third-order valence-electron chi connectivity index (χ3n) is 2.51. The van der Waals surface area contributed by atoms with Crippen LogP contribution in [0.1, 0.15) is 13.8 Å². The molecule has 1 amide bonds. The second kappa shape index (κ2) is 8.88. The number of aromatic nitrogens is 2. The van der Waals surface area contributed by atoms with Crippen LogP contribution in [-0.4, -0.2) is 51.9 Å². The number of thioether (sulfide) groups is 1. The first kappa shape index (κ1) is 14.9. The highest BCUT2D eigenvalue weighted by Gasteiger charge is 2.04. The van der Waals surface area contributed by atoms with Crippen molar-refractivity contribution in [1.82, 2.24) is 14.9 Å². The molecule has 18 heavy (non-hydrogen) atoms. The molecule has 0 atom stereocenters. The molecule has 0 saturated carbocycles. The summed E-state index contributed by atoms with van der Waals surface area (Å²) in [6.07, 6.45) is 4.68. The van der Waals surface area contributed by atoms with E-state index in [-0.39, 0.29) is 5.91 Å². The van der Waals surface area contributed by atoms with Crippen molar-refractivity contribution in [3.63, 3.8) is 0 Å². The Morgan fingerprint density at radius 2 is 2.17 bits per heavy atom. The van der Waals surface area contributed by atoms with E-state index >= 15 is 0 Å². The van der Waals surface area contributed by atoms with Gasteiger partial charge in [-0.2, -0.15) is 11.8 Å². The van der Waals surface area contributed by atoms with Crippen LogP contribution in [0.2, 0.25) is 0 Å². The number of rotatable bonds is 8. The molecule has 1 aromatic heterocycles. The van der Waals surface area contributed by atoms with Crippen molar-refractivity contribution in [2.24, 2.45) is 0 Å². The van der Waals surface area contributed by atoms with E-state index < -0.39 is 0 Å². The van der Waals surface area contributed by atoms with Crippen LogP contribution in [0.3, 0.4) is 0 Å². The molecule has 0 unspecified atom stereocenters. The fraction of sp³-hybridized carbons (Fsp3) is 0.583. The minimum absolute atomic E-state index is 0.0277. The highest BCUT2D eigenvalue weighted by Crippen LogP contribution is 2.04. The van der Waals surface area contributed by atoms with Crippen LogP contribution in [0.4, 0.5) is 5.82 Å². The highest BCUT2D eigenvalue weighted by atomic mass is 32.2. The zero-order chi connectivity index (χ0) is 13.2. The first-order valence-corrected chi connectivity index (χ1v) is 7.27. The Morgan fingerprint density at radius 1 is 1.39 bits per heavy atom. The molecule has 1 rings (SSSR count). The third-order valence-corrected chi connectivity index (χ3v) is 3.45. The summed E-state index contributed by atoms with van der Waals surface area (Å²) in [5.41, 5.74) is 0. The number of nitrogens with one attached hydrogen (secondary N) is 1. The lowest BCUT2D eigenvalue weighted by Gasteiger charge is -2.17. The minimum Gasteiger partial charge on any atom is -0.309 e. The SMILES string of the molecule is CCN(CC)CCSCC(=O)Nc1cnccn1. The van der Waals surface area contributed by atoms with Crippen molar-refractivity contribution in [2.75, 3.05) is 36.5 Å². The Balaban J connectivity index is 2.14. The Morgan fingerprint density at radius 3 is 2.78 bits per heavy atom. The molecule has 1 heterocycles. The van der Waals surface area contributed by atoms with Crippen molar-refractivity contribution in [2.45, 2.75) is 13.8 Å². The number of carbonyl (C=O) groups is 1. The second-order valence-corrected chi connectivity index (χ2v) is 4.82. The molecule has 0 aliphatic rings. The van der Waals surface area contributed by atoms with Gasteiger partial charge in [-0.05, 0) is 13.1 Å². The Labute approximate surface area is 112 Å². The lowest BCUT2D eigenvalue weighted by molar-refractivity contribution is -0.113. The molecule has 0 saturated heterocycles. The van der Waals surface area contributed by atoms with E-state index in [9.17, 15) is 4.79 Å². The molecule has 0 aromatic carbocycles. The smallest absolute Gasteiger partial charge is 0.235 e. The van der Waals surface area contributed by atoms with Crippen LogP contribution in [0.5, 0.6) is 0 Å². The van der Waals surface area contributed by atoms with Gasteiger partial charge in [-0.25, -0.2) is 4.98 Å². The van der Waals surface area contributed by atoms with E-state index in [0.29, 0.717) is 11.6 Å². The Hall–Kier alpha value is -1.14. The number of amides is 1. The van der Waals surface area contributed by atoms with Gasteiger partial charge in [0.25, 0.3) is 0 Å². The molecule has 1 aromatic rings. The number of carbonyl (C=O) groups excluding carboxylic acids is 1. The Kier molecular flexibility index (Phi) is 7.36.